The Balaban J connectivity index is 1.96. The van der Waals surface area contributed by atoms with E-state index in [1.54, 1.807) is 18.0 Å². The van der Waals surface area contributed by atoms with Crippen molar-refractivity contribution in [2.24, 2.45) is 5.92 Å². The Kier molecular flexibility index (Phi) is 4.77. The minimum Gasteiger partial charge on any atom is -0.394 e. The molecule has 2 unspecified atom stereocenters. The average Bonchev–Trinajstić information content (AvgIpc) is 3.06. The number of carbonyl (C=O) groups excluding carboxylic acids is 2. The van der Waals surface area contributed by atoms with Gasteiger partial charge in [0.2, 0.25) is 5.91 Å². The van der Waals surface area contributed by atoms with E-state index in [9.17, 15) is 14.7 Å². The highest BCUT2D eigenvalue weighted by Crippen LogP contribution is 2.23. The third kappa shape index (κ3) is 3.02. The van der Waals surface area contributed by atoms with Gasteiger partial charge in [-0.2, -0.15) is 0 Å². The lowest BCUT2D eigenvalue weighted by Gasteiger charge is -2.27. The van der Waals surface area contributed by atoms with E-state index in [0.717, 1.165) is 6.42 Å². The fourth-order valence-corrected chi connectivity index (χ4v) is 3.27. The molecule has 110 valence electrons. The largest absolute Gasteiger partial charge is 0.394 e. The average molecular weight is 296 g/mol. The monoisotopic (exact) mass is 296 g/mol. The molecule has 1 saturated heterocycles. The molecular weight excluding hydrogens is 276 g/mol. The number of hydrogen-bond donors (Lipinski definition) is 1. The number of thiophene rings is 1. The van der Waals surface area contributed by atoms with Gasteiger partial charge in [-0.25, -0.2) is 0 Å². The Morgan fingerprint density at radius 1 is 1.55 bits per heavy atom. The Morgan fingerprint density at radius 3 is 2.90 bits per heavy atom. The number of hydrogen-bond acceptors (Lipinski definition) is 4. The van der Waals surface area contributed by atoms with Crippen molar-refractivity contribution in [1.29, 1.82) is 0 Å². The number of aliphatic hydroxyl groups is 1. The second kappa shape index (κ2) is 6.37. The number of likely N-dealkylation sites (tertiary alicyclic amines) is 1. The summed E-state index contributed by atoms with van der Waals surface area (Å²) in [4.78, 5) is 28.1. The maximum atomic E-state index is 12.3. The first kappa shape index (κ1) is 15.0. The fourth-order valence-electron chi connectivity index (χ4n) is 2.55. The number of aliphatic hydroxyl groups excluding tert-OH is 1. The van der Waals surface area contributed by atoms with E-state index in [2.05, 4.69) is 0 Å². The fraction of sp³-hybridized carbons (Fsp3) is 0.571. The Labute approximate surface area is 122 Å². The standard InChI is InChI=1S/C14H20N2O3S/c1-10-5-6-16(11(10)9-17)13(18)8-15(2)14(19)12-4-3-7-20-12/h3-4,7,10-11,17H,5-6,8-9H2,1-2H3. The molecule has 1 aliphatic heterocycles. The van der Waals surface area contributed by atoms with Gasteiger partial charge in [0.1, 0.15) is 0 Å². The van der Waals surface area contributed by atoms with E-state index in [-0.39, 0.29) is 31.0 Å². The molecule has 1 aromatic heterocycles. The van der Waals surface area contributed by atoms with Crippen LogP contribution >= 0.6 is 11.3 Å². The summed E-state index contributed by atoms with van der Waals surface area (Å²) in [5.41, 5.74) is 0. The van der Waals surface area contributed by atoms with Gasteiger partial charge in [-0.1, -0.05) is 13.0 Å². The second-order valence-electron chi connectivity index (χ2n) is 5.24. The van der Waals surface area contributed by atoms with E-state index in [1.165, 1.54) is 16.2 Å². The summed E-state index contributed by atoms with van der Waals surface area (Å²) in [6, 6.07) is 3.45. The van der Waals surface area contributed by atoms with Crippen LogP contribution in [0.2, 0.25) is 0 Å². The van der Waals surface area contributed by atoms with Gasteiger partial charge in [0.05, 0.1) is 24.1 Å². The summed E-state index contributed by atoms with van der Waals surface area (Å²) < 4.78 is 0. The Hall–Kier alpha value is -1.40. The van der Waals surface area contributed by atoms with Crippen molar-refractivity contribution < 1.29 is 14.7 Å². The molecule has 1 fully saturated rings. The molecule has 2 heterocycles. The van der Waals surface area contributed by atoms with Crippen molar-refractivity contribution in [3.63, 3.8) is 0 Å². The quantitative estimate of drug-likeness (QED) is 0.903. The second-order valence-corrected chi connectivity index (χ2v) is 6.19. The van der Waals surface area contributed by atoms with Crippen LogP contribution in [0.15, 0.2) is 17.5 Å². The van der Waals surface area contributed by atoms with Gasteiger partial charge in [0.25, 0.3) is 5.91 Å². The molecule has 0 spiro atoms. The molecule has 6 heteroatoms. The molecule has 2 rings (SSSR count). The van der Waals surface area contributed by atoms with Crippen molar-refractivity contribution in [3.05, 3.63) is 22.4 Å². The molecule has 1 aromatic rings. The maximum Gasteiger partial charge on any atom is 0.264 e. The number of rotatable bonds is 4. The van der Waals surface area contributed by atoms with Crippen LogP contribution in [0.5, 0.6) is 0 Å². The summed E-state index contributed by atoms with van der Waals surface area (Å²) in [6.07, 6.45) is 0.902. The number of likely N-dealkylation sites (N-methyl/N-ethyl adjacent to an activating group) is 1. The zero-order chi connectivity index (χ0) is 14.7. The molecule has 1 aliphatic rings. The molecule has 0 bridgehead atoms. The van der Waals surface area contributed by atoms with Gasteiger partial charge in [0, 0.05) is 13.6 Å². The van der Waals surface area contributed by atoms with E-state index in [1.807, 2.05) is 18.4 Å². The molecular formula is C14H20N2O3S. The summed E-state index contributed by atoms with van der Waals surface area (Å²) in [7, 11) is 1.63. The molecule has 0 aromatic carbocycles. The van der Waals surface area contributed by atoms with Crippen LogP contribution in [0, 0.1) is 5.92 Å². The SMILES string of the molecule is CC1CCN(C(=O)CN(C)C(=O)c2cccs2)C1CO. The Morgan fingerprint density at radius 2 is 2.30 bits per heavy atom. The molecule has 0 aliphatic carbocycles. The molecule has 0 radical (unpaired) electrons. The highest BCUT2D eigenvalue weighted by Gasteiger charge is 2.34. The van der Waals surface area contributed by atoms with Gasteiger partial charge in [-0.05, 0) is 23.8 Å². The zero-order valence-corrected chi connectivity index (χ0v) is 12.6. The van der Waals surface area contributed by atoms with E-state index >= 15 is 0 Å². The van der Waals surface area contributed by atoms with Crippen molar-refractivity contribution >= 4 is 23.2 Å². The molecule has 1 N–H and O–H groups in total. The van der Waals surface area contributed by atoms with Crippen LogP contribution in [0.3, 0.4) is 0 Å². The smallest absolute Gasteiger partial charge is 0.264 e. The number of carbonyl (C=O) groups is 2. The lowest BCUT2D eigenvalue weighted by atomic mass is 10.0. The van der Waals surface area contributed by atoms with Crippen LogP contribution in [-0.2, 0) is 4.79 Å². The molecule has 5 nitrogen and oxygen atoms in total. The van der Waals surface area contributed by atoms with Gasteiger partial charge in [-0.15, -0.1) is 11.3 Å². The minimum atomic E-state index is -0.138. The van der Waals surface area contributed by atoms with E-state index in [0.29, 0.717) is 17.3 Å². The lowest BCUT2D eigenvalue weighted by molar-refractivity contribution is -0.133. The highest BCUT2D eigenvalue weighted by molar-refractivity contribution is 7.12. The Bertz CT molecular complexity index is 475. The van der Waals surface area contributed by atoms with Crippen molar-refractivity contribution in [2.75, 3.05) is 26.7 Å². The van der Waals surface area contributed by atoms with Gasteiger partial charge in [-0.3, -0.25) is 9.59 Å². The van der Waals surface area contributed by atoms with E-state index < -0.39 is 0 Å². The topological polar surface area (TPSA) is 60.9 Å². The van der Waals surface area contributed by atoms with Crippen molar-refractivity contribution in [1.82, 2.24) is 9.80 Å². The van der Waals surface area contributed by atoms with Crippen molar-refractivity contribution in [2.45, 2.75) is 19.4 Å². The summed E-state index contributed by atoms with van der Waals surface area (Å²) >= 11 is 1.37. The summed E-state index contributed by atoms with van der Waals surface area (Å²) in [5.74, 6) is 0.0733. The first-order valence-electron chi connectivity index (χ1n) is 6.74. The molecule has 20 heavy (non-hydrogen) atoms. The lowest BCUT2D eigenvalue weighted by Crippen LogP contribution is -2.45. The molecule has 0 saturated carbocycles. The van der Waals surface area contributed by atoms with Gasteiger partial charge in [0.15, 0.2) is 0 Å². The summed E-state index contributed by atoms with van der Waals surface area (Å²) in [5, 5.41) is 11.2. The number of nitrogens with zero attached hydrogens (tertiary/aromatic N) is 2. The zero-order valence-electron chi connectivity index (χ0n) is 11.8. The molecule has 2 atom stereocenters. The normalized spacial score (nSPS) is 22.1. The maximum absolute atomic E-state index is 12.3. The molecule has 2 amide bonds. The highest BCUT2D eigenvalue weighted by atomic mass is 32.1. The third-order valence-corrected chi connectivity index (χ3v) is 4.70. The summed E-state index contributed by atoms with van der Waals surface area (Å²) in [6.45, 7) is 2.73. The predicted molar refractivity (Wildman–Crippen MR) is 77.6 cm³/mol. The van der Waals surface area contributed by atoms with Crippen LogP contribution in [-0.4, -0.2) is 59.5 Å². The third-order valence-electron chi connectivity index (χ3n) is 3.84. The van der Waals surface area contributed by atoms with Crippen LogP contribution in [0.4, 0.5) is 0 Å². The van der Waals surface area contributed by atoms with Crippen LogP contribution in [0.1, 0.15) is 23.0 Å². The van der Waals surface area contributed by atoms with Gasteiger partial charge >= 0.3 is 0 Å². The minimum absolute atomic E-state index is 0.0184. The van der Waals surface area contributed by atoms with Crippen molar-refractivity contribution in [3.8, 4) is 0 Å². The predicted octanol–water partition coefficient (Wildman–Crippen LogP) is 1.05. The first-order chi connectivity index (χ1) is 9.54. The first-order valence-corrected chi connectivity index (χ1v) is 7.62. The number of amides is 2. The van der Waals surface area contributed by atoms with Gasteiger partial charge < -0.3 is 14.9 Å². The van der Waals surface area contributed by atoms with Crippen LogP contribution < -0.4 is 0 Å². The van der Waals surface area contributed by atoms with Crippen LogP contribution in [0.25, 0.3) is 0 Å². The van der Waals surface area contributed by atoms with E-state index in [4.69, 9.17) is 0 Å².